The van der Waals surface area contributed by atoms with Gasteiger partial charge in [0.15, 0.2) is 0 Å². The zero-order valence-electron chi connectivity index (χ0n) is 16.2. The summed E-state index contributed by atoms with van der Waals surface area (Å²) in [7, 11) is -3.43. The minimum Gasteiger partial charge on any atom is -0.388 e. The molecule has 1 aromatic heterocycles. The van der Waals surface area contributed by atoms with Crippen molar-refractivity contribution in [3.8, 4) is 0 Å². The van der Waals surface area contributed by atoms with Gasteiger partial charge in [-0.1, -0.05) is 23.7 Å². The summed E-state index contributed by atoms with van der Waals surface area (Å²) in [5.41, 5.74) is 0.891. The number of pyridine rings is 1. The lowest BCUT2D eigenvalue weighted by atomic mass is 9.87. The summed E-state index contributed by atoms with van der Waals surface area (Å²) >= 11 is 5.93. The van der Waals surface area contributed by atoms with E-state index >= 15 is 0 Å². The topological polar surface area (TPSA) is 73.7 Å². The number of rotatable bonds is 5. The number of anilines is 1. The largest absolute Gasteiger partial charge is 0.388 e. The van der Waals surface area contributed by atoms with Crippen LogP contribution in [0.5, 0.6) is 0 Å². The summed E-state index contributed by atoms with van der Waals surface area (Å²) in [6.07, 6.45) is 4.50. The van der Waals surface area contributed by atoms with Crippen molar-refractivity contribution in [1.29, 1.82) is 0 Å². The highest BCUT2D eigenvalue weighted by molar-refractivity contribution is 7.89. The second kappa shape index (κ2) is 8.60. The molecular formula is C21H26ClN3O3S. The lowest BCUT2D eigenvalue weighted by Gasteiger charge is -2.35. The summed E-state index contributed by atoms with van der Waals surface area (Å²) in [6, 6.07) is 10.8. The van der Waals surface area contributed by atoms with Gasteiger partial charge in [0, 0.05) is 37.4 Å². The number of hydrogen-bond donors (Lipinski definition) is 1. The quantitative estimate of drug-likeness (QED) is 0.778. The van der Waals surface area contributed by atoms with E-state index in [9.17, 15) is 13.5 Å². The maximum absolute atomic E-state index is 12.6. The van der Waals surface area contributed by atoms with Gasteiger partial charge in [0.1, 0.15) is 10.7 Å². The molecule has 156 valence electrons. The Morgan fingerprint density at radius 3 is 2.24 bits per heavy atom. The highest BCUT2D eigenvalue weighted by Gasteiger charge is 2.29. The molecular weight excluding hydrogens is 410 g/mol. The van der Waals surface area contributed by atoms with Gasteiger partial charge in [-0.15, -0.1) is 0 Å². The standard InChI is InChI=1S/C21H26ClN3O3S/c22-18-5-3-16(4-6-18)21(26)17-9-13-24(14-10-17)20-8-7-19(15-23-20)29(27,28)25-11-1-2-12-25/h3-8,15,17,21,26H,1-2,9-14H2/t21-/m0/s1. The summed E-state index contributed by atoms with van der Waals surface area (Å²) in [4.78, 5) is 6.83. The van der Waals surface area contributed by atoms with Gasteiger partial charge >= 0.3 is 0 Å². The zero-order valence-corrected chi connectivity index (χ0v) is 17.8. The van der Waals surface area contributed by atoms with Crippen LogP contribution in [0.25, 0.3) is 0 Å². The molecule has 4 rings (SSSR count). The third-order valence-electron chi connectivity index (χ3n) is 5.95. The molecule has 2 aliphatic rings. The molecule has 3 heterocycles. The number of halogens is 1. The van der Waals surface area contributed by atoms with Crippen LogP contribution in [-0.2, 0) is 10.0 Å². The van der Waals surface area contributed by atoms with E-state index in [1.807, 2.05) is 12.1 Å². The Kier molecular flexibility index (Phi) is 6.11. The zero-order chi connectivity index (χ0) is 20.4. The van der Waals surface area contributed by atoms with Crippen LogP contribution in [0.4, 0.5) is 5.82 Å². The number of hydrogen-bond acceptors (Lipinski definition) is 5. The van der Waals surface area contributed by atoms with Crippen molar-refractivity contribution < 1.29 is 13.5 Å². The maximum Gasteiger partial charge on any atom is 0.244 e. The maximum atomic E-state index is 12.6. The Bertz CT molecular complexity index is 921. The monoisotopic (exact) mass is 435 g/mol. The number of nitrogens with zero attached hydrogens (tertiary/aromatic N) is 3. The highest BCUT2D eigenvalue weighted by atomic mass is 35.5. The van der Waals surface area contributed by atoms with Crippen LogP contribution in [0.15, 0.2) is 47.5 Å². The first-order chi connectivity index (χ1) is 13.9. The molecule has 0 aliphatic carbocycles. The van der Waals surface area contributed by atoms with Gasteiger partial charge in [0.25, 0.3) is 0 Å². The summed E-state index contributed by atoms with van der Waals surface area (Å²) in [6.45, 7) is 2.74. The second-order valence-electron chi connectivity index (χ2n) is 7.78. The van der Waals surface area contributed by atoms with Crippen LogP contribution >= 0.6 is 11.6 Å². The lowest BCUT2D eigenvalue weighted by molar-refractivity contribution is 0.0929. The third-order valence-corrected chi connectivity index (χ3v) is 8.08. The number of sulfonamides is 1. The van der Waals surface area contributed by atoms with E-state index in [0.717, 1.165) is 50.2 Å². The fraction of sp³-hybridized carbons (Fsp3) is 0.476. The molecule has 0 radical (unpaired) electrons. The van der Waals surface area contributed by atoms with Crippen molar-refractivity contribution in [2.45, 2.75) is 36.7 Å². The minimum absolute atomic E-state index is 0.183. The Balaban J connectivity index is 1.38. The van der Waals surface area contributed by atoms with Crippen LogP contribution in [0.2, 0.25) is 5.02 Å². The number of aromatic nitrogens is 1. The smallest absolute Gasteiger partial charge is 0.244 e. The Morgan fingerprint density at radius 2 is 1.66 bits per heavy atom. The van der Waals surface area contributed by atoms with Gasteiger partial charge in [-0.2, -0.15) is 4.31 Å². The molecule has 0 amide bonds. The summed E-state index contributed by atoms with van der Waals surface area (Å²) < 4.78 is 26.8. The number of benzene rings is 1. The highest BCUT2D eigenvalue weighted by Crippen LogP contribution is 2.32. The van der Waals surface area contributed by atoms with Crippen LogP contribution in [-0.4, -0.2) is 49.0 Å². The molecule has 29 heavy (non-hydrogen) atoms. The van der Waals surface area contributed by atoms with Gasteiger partial charge in [-0.25, -0.2) is 13.4 Å². The summed E-state index contributed by atoms with van der Waals surface area (Å²) in [5.74, 6) is 0.965. The van der Waals surface area contributed by atoms with Crippen LogP contribution in [0.3, 0.4) is 0 Å². The molecule has 1 N–H and O–H groups in total. The van der Waals surface area contributed by atoms with Gasteiger partial charge in [-0.05, 0) is 61.4 Å². The fourth-order valence-corrected chi connectivity index (χ4v) is 5.76. The summed E-state index contributed by atoms with van der Waals surface area (Å²) in [5, 5.41) is 11.3. The lowest BCUT2D eigenvalue weighted by Crippen LogP contribution is -2.36. The number of piperidine rings is 1. The predicted molar refractivity (Wildman–Crippen MR) is 114 cm³/mol. The van der Waals surface area contributed by atoms with Gasteiger partial charge in [-0.3, -0.25) is 0 Å². The second-order valence-corrected chi connectivity index (χ2v) is 10.2. The molecule has 2 saturated heterocycles. The normalized spacial score (nSPS) is 20.1. The molecule has 2 aromatic rings. The average molecular weight is 436 g/mol. The minimum atomic E-state index is -3.43. The first kappa shape index (κ1) is 20.6. The SMILES string of the molecule is O=S(=O)(c1ccc(N2CCC([C@@H](O)c3ccc(Cl)cc3)CC2)nc1)N1CCCC1. The van der Waals surface area contributed by atoms with E-state index in [4.69, 9.17) is 11.6 Å². The van der Waals surface area contributed by atoms with Crippen molar-refractivity contribution in [3.63, 3.8) is 0 Å². The molecule has 0 spiro atoms. The van der Waals surface area contributed by atoms with E-state index in [0.29, 0.717) is 18.1 Å². The van der Waals surface area contributed by atoms with Gasteiger partial charge < -0.3 is 10.0 Å². The van der Waals surface area contributed by atoms with E-state index in [1.165, 1.54) is 10.5 Å². The van der Waals surface area contributed by atoms with E-state index in [1.54, 1.807) is 24.3 Å². The first-order valence-electron chi connectivity index (χ1n) is 10.1. The van der Waals surface area contributed by atoms with Crippen molar-refractivity contribution >= 4 is 27.4 Å². The Labute approximate surface area is 177 Å². The Hall–Kier alpha value is -1.67. The molecule has 1 aromatic carbocycles. The van der Waals surface area contributed by atoms with Crippen LogP contribution < -0.4 is 4.90 Å². The number of aliphatic hydroxyl groups is 1. The van der Waals surface area contributed by atoms with Crippen molar-refractivity contribution in [2.75, 3.05) is 31.1 Å². The van der Waals surface area contributed by atoms with Gasteiger partial charge in [0.05, 0.1) is 6.10 Å². The molecule has 8 heteroatoms. The van der Waals surface area contributed by atoms with E-state index in [2.05, 4.69) is 9.88 Å². The predicted octanol–water partition coefficient (Wildman–Crippen LogP) is 3.47. The molecule has 2 fully saturated rings. The average Bonchev–Trinajstić information content (AvgIpc) is 3.30. The molecule has 0 unspecified atom stereocenters. The van der Waals surface area contributed by atoms with E-state index < -0.39 is 16.1 Å². The fourth-order valence-electron chi connectivity index (χ4n) is 4.17. The Morgan fingerprint density at radius 1 is 1.00 bits per heavy atom. The van der Waals surface area contributed by atoms with Crippen LogP contribution in [0.1, 0.15) is 37.4 Å². The molecule has 2 aliphatic heterocycles. The molecule has 6 nitrogen and oxygen atoms in total. The molecule has 1 atom stereocenters. The van der Waals surface area contributed by atoms with E-state index in [-0.39, 0.29) is 10.8 Å². The van der Waals surface area contributed by atoms with Crippen molar-refractivity contribution in [2.24, 2.45) is 5.92 Å². The molecule has 0 bridgehead atoms. The third kappa shape index (κ3) is 4.43. The van der Waals surface area contributed by atoms with Crippen molar-refractivity contribution in [1.82, 2.24) is 9.29 Å². The van der Waals surface area contributed by atoms with Gasteiger partial charge in [0.2, 0.25) is 10.0 Å². The molecule has 0 saturated carbocycles. The number of aliphatic hydroxyl groups excluding tert-OH is 1. The van der Waals surface area contributed by atoms with Crippen LogP contribution in [0, 0.1) is 5.92 Å². The first-order valence-corrected chi connectivity index (χ1v) is 11.9. The van der Waals surface area contributed by atoms with Crippen molar-refractivity contribution in [3.05, 3.63) is 53.2 Å².